The lowest BCUT2D eigenvalue weighted by atomic mass is 10.00. The van der Waals surface area contributed by atoms with Gasteiger partial charge in [0.1, 0.15) is 5.82 Å². The van der Waals surface area contributed by atoms with Gasteiger partial charge in [0.15, 0.2) is 0 Å². The third-order valence-corrected chi connectivity index (χ3v) is 5.69. The van der Waals surface area contributed by atoms with Crippen molar-refractivity contribution >= 4 is 28.5 Å². The largest absolute Gasteiger partial charge is 0.481 e. The maximum absolute atomic E-state index is 11.5. The zero-order chi connectivity index (χ0) is 19.7. The smallest absolute Gasteiger partial charge is 0.308 e. The molecule has 0 amide bonds. The van der Waals surface area contributed by atoms with E-state index in [2.05, 4.69) is 31.5 Å². The lowest BCUT2D eigenvalue weighted by Crippen LogP contribution is -2.48. The van der Waals surface area contributed by atoms with Gasteiger partial charge in [0.25, 0.3) is 0 Å². The number of imidazole rings is 1. The summed E-state index contributed by atoms with van der Waals surface area (Å²) in [6, 6.07) is 6.47. The molecule has 1 aromatic carbocycles. The molecule has 1 fully saturated rings. The molecule has 146 valence electrons. The van der Waals surface area contributed by atoms with E-state index in [0.29, 0.717) is 12.4 Å². The van der Waals surface area contributed by atoms with Crippen molar-refractivity contribution in [3.63, 3.8) is 0 Å². The quantitative estimate of drug-likeness (QED) is 0.623. The Balaban J connectivity index is 1.91. The fourth-order valence-electron chi connectivity index (χ4n) is 3.83. The van der Waals surface area contributed by atoms with Gasteiger partial charge < -0.3 is 19.5 Å². The highest BCUT2D eigenvalue weighted by Crippen LogP contribution is 2.28. The van der Waals surface area contributed by atoms with Crippen LogP contribution in [0.2, 0.25) is 0 Å². The first-order valence-corrected chi connectivity index (χ1v) is 9.50. The molecule has 1 atom stereocenters. The van der Waals surface area contributed by atoms with Crippen molar-refractivity contribution < 1.29 is 9.90 Å². The molecule has 1 aromatic heterocycles. The highest BCUT2D eigenvalue weighted by molar-refractivity contribution is 5.81. The second-order valence-electron chi connectivity index (χ2n) is 7.59. The minimum Gasteiger partial charge on any atom is -0.481 e. The van der Waals surface area contributed by atoms with Crippen LogP contribution in [0.3, 0.4) is 0 Å². The number of benzene rings is 1. The summed E-state index contributed by atoms with van der Waals surface area (Å²) in [6.45, 7) is 7.73. The third kappa shape index (κ3) is 3.91. The maximum atomic E-state index is 11.5. The molecule has 0 bridgehead atoms. The monoisotopic (exact) mass is 371 g/mol. The fourth-order valence-corrected chi connectivity index (χ4v) is 3.83. The Bertz CT molecular complexity index is 851. The minimum absolute atomic E-state index is 0.272. The zero-order valence-electron chi connectivity index (χ0n) is 16.6. The number of piperidine rings is 1. The summed E-state index contributed by atoms with van der Waals surface area (Å²) >= 11 is 0. The van der Waals surface area contributed by atoms with E-state index >= 15 is 0 Å². The summed E-state index contributed by atoms with van der Waals surface area (Å²) in [5, 5.41) is 17.3. The molecule has 0 aliphatic carbocycles. The normalized spacial score (nSPS) is 16.5. The molecule has 2 heterocycles. The van der Waals surface area contributed by atoms with Crippen molar-refractivity contribution in [1.82, 2.24) is 14.5 Å². The molecule has 1 saturated heterocycles. The van der Waals surface area contributed by atoms with Gasteiger partial charge >= 0.3 is 5.97 Å². The maximum Gasteiger partial charge on any atom is 0.308 e. The van der Waals surface area contributed by atoms with Crippen LogP contribution in [0.1, 0.15) is 32.5 Å². The summed E-state index contributed by atoms with van der Waals surface area (Å²) < 4.78 is 2.07. The molecule has 0 spiro atoms. The molecular formula is C20H29N5O2. The number of rotatable bonds is 5. The van der Waals surface area contributed by atoms with Crippen molar-refractivity contribution in [2.45, 2.75) is 39.7 Å². The standard InChI is InChI=1S/C20H29N5O2/c1-13(20(26)27)12-25(16-7-9-24(10-8-16)14(2)21)17-5-6-18-19(11-17)23(4)15(3)22-18/h5-6,11,13,16,21H,7-10,12H2,1-4H3,(H,26,27). The fraction of sp³-hybridized carbons (Fsp3) is 0.550. The van der Waals surface area contributed by atoms with E-state index in [4.69, 9.17) is 5.41 Å². The molecule has 3 rings (SSSR count). The number of anilines is 1. The number of carboxylic acids is 1. The Morgan fingerprint density at radius 3 is 2.67 bits per heavy atom. The van der Waals surface area contributed by atoms with E-state index in [1.807, 2.05) is 27.0 Å². The summed E-state index contributed by atoms with van der Waals surface area (Å²) in [5.74, 6) is 0.342. The number of aliphatic carboxylic acids is 1. The number of aromatic nitrogens is 2. The van der Waals surface area contributed by atoms with Crippen LogP contribution in [-0.4, -0.2) is 57.0 Å². The number of hydrogen-bond acceptors (Lipinski definition) is 4. The van der Waals surface area contributed by atoms with Gasteiger partial charge in [-0.25, -0.2) is 4.98 Å². The van der Waals surface area contributed by atoms with Gasteiger partial charge in [-0.15, -0.1) is 0 Å². The number of nitrogens with zero attached hydrogens (tertiary/aromatic N) is 4. The van der Waals surface area contributed by atoms with Crippen LogP contribution in [0.15, 0.2) is 18.2 Å². The van der Waals surface area contributed by atoms with E-state index in [0.717, 1.165) is 48.5 Å². The molecule has 7 nitrogen and oxygen atoms in total. The number of nitrogens with one attached hydrogen (secondary N) is 1. The van der Waals surface area contributed by atoms with Crippen LogP contribution < -0.4 is 4.90 Å². The van der Waals surface area contributed by atoms with Gasteiger partial charge in [-0.3, -0.25) is 10.2 Å². The lowest BCUT2D eigenvalue weighted by Gasteiger charge is -2.41. The number of aryl methyl sites for hydroxylation is 2. The van der Waals surface area contributed by atoms with E-state index in [1.54, 1.807) is 6.92 Å². The SMILES string of the molecule is CC(=N)N1CCC(N(CC(C)C(=O)O)c2ccc3nc(C)n(C)c3c2)CC1. The van der Waals surface area contributed by atoms with Crippen LogP contribution in [0.5, 0.6) is 0 Å². The predicted octanol–water partition coefficient (Wildman–Crippen LogP) is 2.87. The lowest BCUT2D eigenvalue weighted by molar-refractivity contribution is -0.140. The number of carboxylic acid groups (broad SMARTS) is 1. The second kappa shape index (κ2) is 7.58. The molecular weight excluding hydrogens is 342 g/mol. The third-order valence-electron chi connectivity index (χ3n) is 5.69. The van der Waals surface area contributed by atoms with Crippen molar-refractivity contribution in [2.75, 3.05) is 24.5 Å². The Labute approximate surface area is 160 Å². The number of likely N-dealkylation sites (tertiary alicyclic amines) is 1. The van der Waals surface area contributed by atoms with E-state index in [9.17, 15) is 9.90 Å². The summed E-state index contributed by atoms with van der Waals surface area (Å²) in [7, 11) is 2.00. The molecule has 7 heteroatoms. The molecule has 1 unspecified atom stereocenters. The van der Waals surface area contributed by atoms with Gasteiger partial charge in [-0.2, -0.15) is 0 Å². The summed E-state index contributed by atoms with van der Waals surface area (Å²) in [6.07, 6.45) is 1.84. The highest BCUT2D eigenvalue weighted by atomic mass is 16.4. The van der Waals surface area contributed by atoms with E-state index in [1.165, 1.54) is 0 Å². The van der Waals surface area contributed by atoms with Crippen LogP contribution in [-0.2, 0) is 11.8 Å². The van der Waals surface area contributed by atoms with Crippen molar-refractivity contribution in [1.29, 1.82) is 5.41 Å². The van der Waals surface area contributed by atoms with Crippen molar-refractivity contribution in [2.24, 2.45) is 13.0 Å². The number of carbonyl (C=O) groups is 1. The molecule has 27 heavy (non-hydrogen) atoms. The van der Waals surface area contributed by atoms with Gasteiger partial charge in [-0.1, -0.05) is 6.92 Å². The minimum atomic E-state index is -0.773. The Morgan fingerprint density at radius 2 is 2.07 bits per heavy atom. The van der Waals surface area contributed by atoms with Gasteiger partial charge in [0.2, 0.25) is 0 Å². The topological polar surface area (TPSA) is 85.5 Å². The number of amidine groups is 1. The van der Waals surface area contributed by atoms with Gasteiger partial charge in [-0.05, 0) is 44.9 Å². The summed E-state index contributed by atoms with van der Waals surface area (Å²) in [4.78, 5) is 20.4. The number of fused-ring (bicyclic) bond motifs is 1. The molecule has 2 aromatic rings. The van der Waals surface area contributed by atoms with Gasteiger partial charge in [0, 0.05) is 38.4 Å². The van der Waals surface area contributed by atoms with Crippen LogP contribution >= 0.6 is 0 Å². The average molecular weight is 371 g/mol. The molecule has 0 radical (unpaired) electrons. The van der Waals surface area contributed by atoms with E-state index in [-0.39, 0.29) is 6.04 Å². The summed E-state index contributed by atoms with van der Waals surface area (Å²) in [5.41, 5.74) is 3.06. The van der Waals surface area contributed by atoms with Crippen molar-refractivity contribution in [3.05, 3.63) is 24.0 Å². The molecule has 2 N–H and O–H groups in total. The Hall–Kier alpha value is -2.57. The molecule has 1 aliphatic rings. The Morgan fingerprint density at radius 1 is 1.41 bits per heavy atom. The van der Waals surface area contributed by atoms with Crippen molar-refractivity contribution in [3.8, 4) is 0 Å². The highest BCUT2D eigenvalue weighted by Gasteiger charge is 2.28. The first-order chi connectivity index (χ1) is 12.8. The number of hydrogen-bond donors (Lipinski definition) is 2. The van der Waals surface area contributed by atoms with Crippen LogP contribution in [0, 0.1) is 18.3 Å². The molecule has 0 saturated carbocycles. The Kier molecular flexibility index (Phi) is 5.39. The zero-order valence-corrected chi connectivity index (χ0v) is 16.6. The van der Waals surface area contributed by atoms with Crippen LogP contribution in [0.4, 0.5) is 5.69 Å². The van der Waals surface area contributed by atoms with Gasteiger partial charge in [0.05, 0.1) is 22.8 Å². The predicted molar refractivity (Wildman–Crippen MR) is 108 cm³/mol. The molecule has 1 aliphatic heterocycles. The first-order valence-electron chi connectivity index (χ1n) is 9.50. The van der Waals surface area contributed by atoms with E-state index < -0.39 is 11.9 Å². The van der Waals surface area contributed by atoms with Crippen LogP contribution in [0.25, 0.3) is 11.0 Å². The first kappa shape index (κ1) is 19.2. The second-order valence-corrected chi connectivity index (χ2v) is 7.59. The average Bonchev–Trinajstić information content (AvgIpc) is 2.93.